The summed E-state index contributed by atoms with van der Waals surface area (Å²) in [6, 6.07) is 8.91. The number of benzene rings is 1. The standard InChI is InChI=1S/C17H25N3/c1-3-20-16-11-7-6-10-15(16)18-17(20)14(2)19-12-8-4-5-9-13-19/h6-7,10-11,14H,3-5,8-9,12-13H2,1-2H3. The highest BCUT2D eigenvalue weighted by atomic mass is 15.2. The molecule has 108 valence electrons. The van der Waals surface area contributed by atoms with Crippen LogP contribution in [0.25, 0.3) is 11.0 Å². The van der Waals surface area contributed by atoms with Gasteiger partial charge in [-0.05, 0) is 51.9 Å². The Labute approximate surface area is 121 Å². The first-order valence-electron chi connectivity index (χ1n) is 8.00. The third-order valence-corrected chi connectivity index (χ3v) is 4.56. The number of para-hydroxylation sites is 2. The molecule has 2 aromatic rings. The predicted octanol–water partition coefficient (Wildman–Crippen LogP) is 3.99. The first-order valence-corrected chi connectivity index (χ1v) is 8.00. The quantitative estimate of drug-likeness (QED) is 0.841. The predicted molar refractivity (Wildman–Crippen MR) is 83.9 cm³/mol. The molecule has 1 aromatic carbocycles. The number of nitrogens with zero attached hydrogens (tertiary/aromatic N) is 3. The molecule has 1 unspecified atom stereocenters. The van der Waals surface area contributed by atoms with E-state index in [1.54, 1.807) is 0 Å². The Morgan fingerprint density at radius 1 is 1.10 bits per heavy atom. The second-order valence-corrected chi connectivity index (χ2v) is 5.83. The van der Waals surface area contributed by atoms with Crippen molar-refractivity contribution in [2.45, 2.75) is 52.1 Å². The summed E-state index contributed by atoms with van der Waals surface area (Å²) in [6.45, 7) is 7.96. The van der Waals surface area contributed by atoms with Gasteiger partial charge in [-0.1, -0.05) is 25.0 Å². The Morgan fingerprint density at radius 3 is 2.50 bits per heavy atom. The lowest BCUT2D eigenvalue weighted by Crippen LogP contribution is -2.29. The maximum Gasteiger partial charge on any atom is 0.127 e. The van der Waals surface area contributed by atoms with E-state index in [0.29, 0.717) is 6.04 Å². The molecule has 1 aromatic heterocycles. The van der Waals surface area contributed by atoms with Crippen LogP contribution in [0.5, 0.6) is 0 Å². The summed E-state index contributed by atoms with van der Waals surface area (Å²) in [7, 11) is 0. The monoisotopic (exact) mass is 271 g/mol. The van der Waals surface area contributed by atoms with Crippen LogP contribution in [-0.4, -0.2) is 27.5 Å². The molecule has 1 fully saturated rings. The Hall–Kier alpha value is -1.35. The Morgan fingerprint density at radius 2 is 1.80 bits per heavy atom. The lowest BCUT2D eigenvalue weighted by molar-refractivity contribution is 0.208. The van der Waals surface area contributed by atoms with Crippen LogP contribution >= 0.6 is 0 Å². The minimum absolute atomic E-state index is 0.417. The van der Waals surface area contributed by atoms with E-state index in [4.69, 9.17) is 4.98 Å². The molecular weight excluding hydrogens is 246 g/mol. The van der Waals surface area contributed by atoms with Gasteiger partial charge in [0.15, 0.2) is 0 Å². The van der Waals surface area contributed by atoms with Crippen LogP contribution in [0, 0.1) is 0 Å². The van der Waals surface area contributed by atoms with Gasteiger partial charge in [-0.25, -0.2) is 4.98 Å². The normalized spacial score (nSPS) is 19.1. The van der Waals surface area contributed by atoms with Gasteiger partial charge in [0.05, 0.1) is 17.1 Å². The number of hydrogen-bond acceptors (Lipinski definition) is 2. The molecule has 1 aliphatic heterocycles. The van der Waals surface area contributed by atoms with E-state index in [0.717, 1.165) is 12.1 Å². The summed E-state index contributed by atoms with van der Waals surface area (Å²) in [5.41, 5.74) is 2.40. The number of imidazole rings is 1. The molecule has 1 saturated heterocycles. The zero-order chi connectivity index (χ0) is 13.9. The number of hydrogen-bond donors (Lipinski definition) is 0. The lowest BCUT2D eigenvalue weighted by Gasteiger charge is -2.27. The Balaban J connectivity index is 1.95. The topological polar surface area (TPSA) is 21.1 Å². The SMILES string of the molecule is CCn1c(C(C)N2CCCCCC2)nc2ccccc21. The Bertz CT molecular complexity index is 565. The van der Waals surface area contributed by atoms with Crippen LogP contribution in [0.2, 0.25) is 0 Å². The molecule has 3 nitrogen and oxygen atoms in total. The van der Waals surface area contributed by atoms with Crippen molar-refractivity contribution in [2.24, 2.45) is 0 Å². The largest absolute Gasteiger partial charge is 0.327 e. The van der Waals surface area contributed by atoms with Crippen molar-refractivity contribution in [3.8, 4) is 0 Å². The second-order valence-electron chi connectivity index (χ2n) is 5.83. The first-order chi connectivity index (χ1) is 9.81. The average molecular weight is 271 g/mol. The number of likely N-dealkylation sites (tertiary alicyclic amines) is 1. The van der Waals surface area contributed by atoms with Crippen molar-refractivity contribution in [3.05, 3.63) is 30.1 Å². The van der Waals surface area contributed by atoms with Gasteiger partial charge >= 0.3 is 0 Å². The van der Waals surface area contributed by atoms with Crippen LogP contribution in [0.3, 0.4) is 0 Å². The van der Waals surface area contributed by atoms with Crippen molar-refractivity contribution in [2.75, 3.05) is 13.1 Å². The molecule has 0 amide bonds. The molecule has 0 spiro atoms. The summed E-state index contributed by atoms with van der Waals surface area (Å²) in [5, 5.41) is 0. The number of fused-ring (bicyclic) bond motifs is 1. The fraction of sp³-hybridized carbons (Fsp3) is 0.588. The lowest BCUT2D eigenvalue weighted by atomic mass is 10.2. The van der Waals surface area contributed by atoms with E-state index in [9.17, 15) is 0 Å². The van der Waals surface area contributed by atoms with Crippen molar-refractivity contribution in [1.82, 2.24) is 14.5 Å². The van der Waals surface area contributed by atoms with Crippen LogP contribution in [0.1, 0.15) is 51.4 Å². The van der Waals surface area contributed by atoms with E-state index in [2.05, 4.69) is 47.6 Å². The number of rotatable bonds is 3. The van der Waals surface area contributed by atoms with Gasteiger partial charge in [-0.15, -0.1) is 0 Å². The molecule has 1 aliphatic rings. The molecule has 20 heavy (non-hydrogen) atoms. The maximum absolute atomic E-state index is 4.91. The van der Waals surface area contributed by atoms with E-state index < -0.39 is 0 Å². The fourth-order valence-corrected chi connectivity index (χ4v) is 3.39. The number of aromatic nitrogens is 2. The number of aryl methyl sites for hydroxylation is 1. The summed E-state index contributed by atoms with van der Waals surface area (Å²) in [4.78, 5) is 7.52. The van der Waals surface area contributed by atoms with Gasteiger partial charge in [0, 0.05) is 6.54 Å². The highest BCUT2D eigenvalue weighted by molar-refractivity contribution is 5.76. The molecule has 1 atom stereocenters. The smallest absolute Gasteiger partial charge is 0.127 e. The van der Waals surface area contributed by atoms with Gasteiger partial charge in [-0.2, -0.15) is 0 Å². The van der Waals surface area contributed by atoms with Crippen LogP contribution in [0.4, 0.5) is 0 Å². The Kier molecular flexibility index (Phi) is 4.06. The van der Waals surface area contributed by atoms with Crippen LogP contribution in [0.15, 0.2) is 24.3 Å². The van der Waals surface area contributed by atoms with Crippen LogP contribution < -0.4 is 0 Å². The van der Waals surface area contributed by atoms with Gasteiger partial charge in [0.25, 0.3) is 0 Å². The first kappa shape index (κ1) is 13.6. The minimum Gasteiger partial charge on any atom is -0.327 e. The average Bonchev–Trinajstić information content (AvgIpc) is 2.65. The summed E-state index contributed by atoms with van der Waals surface area (Å²) < 4.78 is 2.38. The molecule has 0 N–H and O–H groups in total. The van der Waals surface area contributed by atoms with Crippen molar-refractivity contribution in [1.29, 1.82) is 0 Å². The molecule has 3 rings (SSSR count). The van der Waals surface area contributed by atoms with E-state index in [-0.39, 0.29) is 0 Å². The van der Waals surface area contributed by atoms with Gasteiger partial charge in [0.2, 0.25) is 0 Å². The van der Waals surface area contributed by atoms with E-state index in [1.807, 2.05) is 0 Å². The van der Waals surface area contributed by atoms with Gasteiger partial charge in [0.1, 0.15) is 5.82 Å². The van der Waals surface area contributed by atoms with Crippen LogP contribution in [-0.2, 0) is 6.54 Å². The highest BCUT2D eigenvalue weighted by Gasteiger charge is 2.22. The molecule has 3 heteroatoms. The van der Waals surface area contributed by atoms with Crippen molar-refractivity contribution >= 4 is 11.0 Å². The molecule has 0 saturated carbocycles. The van der Waals surface area contributed by atoms with Gasteiger partial charge < -0.3 is 4.57 Å². The van der Waals surface area contributed by atoms with E-state index in [1.165, 1.54) is 50.1 Å². The molecular formula is C17H25N3. The molecule has 0 bridgehead atoms. The van der Waals surface area contributed by atoms with Crippen molar-refractivity contribution in [3.63, 3.8) is 0 Å². The minimum atomic E-state index is 0.417. The molecule has 0 aliphatic carbocycles. The third kappa shape index (κ3) is 2.47. The second kappa shape index (κ2) is 5.96. The molecule has 0 radical (unpaired) electrons. The molecule has 2 heterocycles. The summed E-state index contributed by atoms with van der Waals surface area (Å²) >= 11 is 0. The third-order valence-electron chi connectivity index (χ3n) is 4.56. The van der Waals surface area contributed by atoms with Crippen molar-refractivity contribution < 1.29 is 0 Å². The summed E-state index contributed by atoms with van der Waals surface area (Å²) in [5.74, 6) is 1.23. The van der Waals surface area contributed by atoms with E-state index >= 15 is 0 Å². The fourth-order valence-electron chi connectivity index (χ4n) is 3.39. The maximum atomic E-state index is 4.91. The highest BCUT2D eigenvalue weighted by Crippen LogP contribution is 2.26. The zero-order valence-electron chi connectivity index (χ0n) is 12.7. The summed E-state index contributed by atoms with van der Waals surface area (Å²) in [6.07, 6.45) is 5.42. The van der Waals surface area contributed by atoms with Gasteiger partial charge in [-0.3, -0.25) is 4.90 Å². The zero-order valence-corrected chi connectivity index (χ0v) is 12.7.